The molecule has 5 heteroatoms. The second-order valence-electron chi connectivity index (χ2n) is 7.54. The van der Waals surface area contributed by atoms with Crippen LogP contribution in [0.3, 0.4) is 0 Å². The molecular formula is C23H17Cl2NO2. The predicted octanol–water partition coefficient (Wildman–Crippen LogP) is 5.39. The highest BCUT2D eigenvalue weighted by atomic mass is 35.5. The van der Waals surface area contributed by atoms with E-state index in [1.54, 1.807) is 18.2 Å². The summed E-state index contributed by atoms with van der Waals surface area (Å²) in [6.45, 7) is 2.09. The molecule has 2 aromatic rings. The lowest BCUT2D eigenvalue weighted by molar-refractivity contribution is -0.122. The molecule has 2 aromatic carbocycles. The molecule has 1 heterocycles. The molecule has 1 saturated heterocycles. The van der Waals surface area contributed by atoms with Crippen molar-refractivity contribution in [2.75, 3.05) is 4.90 Å². The van der Waals surface area contributed by atoms with Crippen LogP contribution in [0.2, 0.25) is 10.0 Å². The summed E-state index contributed by atoms with van der Waals surface area (Å²) in [6, 6.07) is 15.0. The molecule has 2 amide bonds. The molecule has 0 aromatic heterocycles. The normalized spacial score (nSPS) is 27.7. The van der Waals surface area contributed by atoms with Crippen molar-refractivity contribution in [1.29, 1.82) is 0 Å². The van der Waals surface area contributed by atoms with Crippen LogP contribution in [0.5, 0.6) is 0 Å². The fourth-order valence-electron chi connectivity index (χ4n) is 5.00. The maximum atomic E-state index is 13.3. The van der Waals surface area contributed by atoms with E-state index in [-0.39, 0.29) is 35.5 Å². The van der Waals surface area contributed by atoms with Gasteiger partial charge in [0.25, 0.3) is 0 Å². The van der Waals surface area contributed by atoms with Crippen molar-refractivity contribution in [3.05, 3.63) is 81.9 Å². The lowest BCUT2D eigenvalue weighted by Crippen LogP contribution is -2.33. The van der Waals surface area contributed by atoms with E-state index in [9.17, 15) is 9.59 Å². The van der Waals surface area contributed by atoms with Gasteiger partial charge in [-0.15, -0.1) is 0 Å². The Balaban J connectivity index is 1.55. The van der Waals surface area contributed by atoms with Gasteiger partial charge in [0.05, 0.1) is 27.6 Å². The Kier molecular flexibility index (Phi) is 4.01. The average molecular weight is 410 g/mol. The quantitative estimate of drug-likeness (QED) is 0.492. The monoisotopic (exact) mass is 409 g/mol. The van der Waals surface area contributed by atoms with E-state index in [1.807, 2.05) is 18.2 Å². The standard InChI is InChI=1S/C23H17Cl2NO2/c1-12(13-5-3-2-4-6-13)19-15-8-9-16(19)21-20(15)22(27)26(23(21)28)14-7-10-17(24)18(25)11-14/h2-11,15-16,20-21H,1H3/t15-,16-,20-,21-/m1/s1. The smallest absolute Gasteiger partial charge is 0.238 e. The maximum absolute atomic E-state index is 13.3. The second-order valence-corrected chi connectivity index (χ2v) is 8.36. The van der Waals surface area contributed by atoms with Gasteiger partial charge in [-0.05, 0) is 36.3 Å². The molecule has 5 rings (SSSR count). The zero-order valence-electron chi connectivity index (χ0n) is 15.1. The Hall–Kier alpha value is -2.36. The predicted molar refractivity (Wildman–Crippen MR) is 111 cm³/mol. The summed E-state index contributed by atoms with van der Waals surface area (Å²) >= 11 is 12.1. The Labute approximate surface area is 173 Å². The van der Waals surface area contributed by atoms with E-state index >= 15 is 0 Å². The summed E-state index contributed by atoms with van der Waals surface area (Å²) in [5.74, 6) is -1.04. The largest absolute Gasteiger partial charge is 0.274 e. The molecule has 0 N–H and O–H groups in total. The molecule has 1 saturated carbocycles. The fourth-order valence-corrected chi connectivity index (χ4v) is 5.29. The molecule has 2 fully saturated rings. The van der Waals surface area contributed by atoms with E-state index in [0.29, 0.717) is 15.7 Å². The van der Waals surface area contributed by atoms with Crippen molar-refractivity contribution < 1.29 is 9.59 Å². The summed E-state index contributed by atoms with van der Waals surface area (Å²) < 4.78 is 0. The van der Waals surface area contributed by atoms with Crippen LogP contribution in [-0.2, 0) is 9.59 Å². The molecule has 140 valence electrons. The molecule has 3 aliphatic rings. The van der Waals surface area contributed by atoms with Crippen molar-refractivity contribution in [2.45, 2.75) is 6.92 Å². The van der Waals surface area contributed by atoms with Crippen molar-refractivity contribution in [3.8, 4) is 0 Å². The first-order chi connectivity index (χ1) is 13.5. The molecule has 0 radical (unpaired) electrons. The Morgan fingerprint density at radius 1 is 0.857 bits per heavy atom. The summed E-state index contributed by atoms with van der Waals surface area (Å²) in [5.41, 5.74) is 3.99. The van der Waals surface area contributed by atoms with E-state index in [4.69, 9.17) is 23.2 Å². The van der Waals surface area contributed by atoms with Crippen molar-refractivity contribution in [1.82, 2.24) is 0 Å². The van der Waals surface area contributed by atoms with Gasteiger partial charge in [-0.2, -0.15) is 0 Å². The molecule has 2 aliphatic carbocycles. The van der Waals surface area contributed by atoms with Crippen LogP contribution in [0.15, 0.2) is 66.3 Å². The van der Waals surface area contributed by atoms with Gasteiger partial charge in [0, 0.05) is 11.8 Å². The number of allylic oxidation sites excluding steroid dienone is 4. The van der Waals surface area contributed by atoms with E-state index in [2.05, 4.69) is 31.2 Å². The minimum absolute atomic E-state index is 0.0283. The zero-order chi connectivity index (χ0) is 19.6. The first-order valence-corrected chi connectivity index (χ1v) is 10.0. The minimum Gasteiger partial charge on any atom is -0.274 e. The number of halogens is 2. The fraction of sp³-hybridized carbons (Fsp3) is 0.217. The number of rotatable bonds is 2. The summed E-state index contributed by atoms with van der Waals surface area (Å²) in [5, 5.41) is 0.730. The number of hydrogen-bond acceptors (Lipinski definition) is 2. The van der Waals surface area contributed by atoms with Crippen molar-refractivity contribution >= 4 is 46.3 Å². The third-order valence-corrected chi connectivity index (χ3v) is 6.96. The Bertz CT molecular complexity index is 1040. The first-order valence-electron chi connectivity index (χ1n) is 9.26. The zero-order valence-corrected chi connectivity index (χ0v) is 16.6. The average Bonchev–Trinajstić information content (AvgIpc) is 3.34. The van der Waals surface area contributed by atoms with Gasteiger partial charge < -0.3 is 0 Å². The van der Waals surface area contributed by atoms with Crippen molar-refractivity contribution in [3.63, 3.8) is 0 Å². The molecular weight excluding hydrogens is 393 g/mol. The number of fused-ring (bicyclic) bond motifs is 5. The number of carbonyl (C=O) groups excluding carboxylic acids is 2. The summed E-state index contributed by atoms with van der Waals surface area (Å²) in [6.07, 6.45) is 4.19. The van der Waals surface area contributed by atoms with Crippen LogP contribution >= 0.6 is 23.2 Å². The number of amides is 2. The third kappa shape index (κ3) is 2.36. The molecule has 2 bridgehead atoms. The van der Waals surface area contributed by atoms with E-state index < -0.39 is 0 Å². The van der Waals surface area contributed by atoms with E-state index in [1.165, 1.54) is 10.5 Å². The minimum atomic E-state index is -0.342. The summed E-state index contributed by atoms with van der Waals surface area (Å²) in [4.78, 5) is 27.8. The maximum Gasteiger partial charge on any atom is 0.238 e. The Morgan fingerprint density at radius 2 is 1.46 bits per heavy atom. The molecule has 4 atom stereocenters. The van der Waals surface area contributed by atoms with Gasteiger partial charge in [-0.1, -0.05) is 71.3 Å². The van der Waals surface area contributed by atoms with Crippen molar-refractivity contribution in [2.24, 2.45) is 23.7 Å². The molecule has 3 nitrogen and oxygen atoms in total. The van der Waals surface area contributed by atoms with Gasteiger partial charge in [0.1, 0.15) is 0 Å². The summed E-state index contributed by atoms with van der Waals surface area (Å²) in [7, 11) is 0. The molecule has 0 unspecified atom stereocenters. The number of benzene rings is 2. The van der Waals surface area contributed by atoms with Crippen LogP contribution < -0.4 is 4.90 Å². The second kappa shape index (κ2) is 6.33. The Morgan fingerprint density at radius 3 is 2.04 bits per heavy atom. The lowest BCUT2D eigenvalue weighted by atomic mass is 9.85. The van der Waals surface area contributed by atoms with Gasteiger partial charge in [0.15, 0.2) is 0 Å². The molecule has 28 heavy (non-hydrogen) atoms. The van der Waals surface area contributed by atoms with Crippen LogP contribution in [0.1, 0.15) is 12.5 Å². The highest BCUT2D eigenvalue weighted by molar-refractivity contribution is 6.42. The number of nitrogens with zero attached hydrogens (tertiary/aromatic N) is 1. The highest BCUT2D eigenvalue weighted by Gasteiger charge is 2.62. The lowest BCUT2D eigenvalue weighted by Gasteiger charge is -2.20. The first kappa shape index (κ1) is 17.7. The van der Waals surface area contributed by atoms with Gasteiger partial charge in [0.2, 0.25) is 11.8 Å². The number of carbonyl (C=O) groups is 2. The molecule has 1 aliphatic heterocycles. The van der Waals surface area contributed by atoms with Gasteiger partial charge >= 0.3 is 0 Å². The van der Waals surface area contributed by atoms with Crippen LogP contribution in [0, 0.1) is 23.7 Å². The SMILES string of the molecule is CC(=C1[C@H]2C=C[C@H]1[C@H]1C(=O)N(c3ccc(Cl)c(Cl)c3)C(=O)[C@@H]12)c1ccccc1. The topological polar surface area (TPSA) is 37.4 Å². The molecule has 0 spiro atoms. The van der Waals surface area contributed by atoms with Gasteiger partial charge in [-0.3, -0.25) is 9.59 Å². The number of hydrogen-bond donors (Lipinski definition) is 0. The van der Waals surface area contributed by atoms with Crippen LogP contribution in [-0.4, -0.2) is 11.8 Å². The third-order valence-electron chi connectivity index (χ3n) is 6.22. The van der Waals surface area contributed by atoms with E-state index in [0.717, 1.165) is 11.1 Å². The van der Waals surface area contributed by atoms with Gasteiger partial charge in [-0.25, -0.2) is 4.90 Å². The van der Waals surface area contributed by atoms with Crippen LogP contribution in [0.4, 0.5) is 5.69 Å². The number of imide groups is 1. The highest BCUT2D eigenvalue weighted by Crippen LogP contribution is 2.58. The number of anilines is 1. The van der Waals surface area contributed by atoms with Crippen LogP contribution in [0.25, 0.3) is 5.57 Å².